The second-order valence-corrected chi connectivity index (χ2v) is 2.45. The molecule has 13 heavy (non-hydrogen) atoms. The van der Waals surface area contributed by atoms with Crippen LogP contribution in [0, 0.1) is 23.3 Å². The molecule has 0 aromatic heterocycles. The van der Waals surface area contributed by atoms with Gasteiger partial charge in [0.05, 0.1) is 12.2 Å². The summed E-state index contributed by atoms with van der Waals surface area (Å²) in [6, 6.07) is 9.50. The van der Waals surface area contributed by atoms with Crippen LogP contribution in [0.2, 0.25) is 0 Å². The Morgan fingerprint density at radius 2 is 2.00 bits per heavy atom. The minimum absolute atomic E-state index is 0.455. The first-order chi connectivity index (χ1) is 6.38. The minimum Gasteiger partial charge on any atom is -0.268 e. The van der Waals surface area contributed by atoms with Crippen molar-refractivity contribution in [3.63, 3.8) is 0 Å². The van der Waals surface area contributed by atoms with Crippen LogP contribution in [0.3, 0.4) is 0 Å². The molecule has 0 heterocycles. The van der Waals surface area contributed by atoms with Gasteiger partial charge in [-0.25, -0.2) is 0 Å². The quantitative estimate of drug-likeness (QED) is 0.385. The molecule has 1 rings (SSSR count). The zero-order chi connectivity index (χ0) is 9.52. The van der Waals surface area contributed by atoms with Gasteiger partial charge in [-0.3, -0.25) is 4.90 Å². The summed E-state index contributed by atoms with van der Waals surface area (Å²) >= 11 is 0. The molecular weight excluding hydrogens is 160 g/mol. The van der Waals surface area contributed by atoms with E-state index in [1.165, 1.54) is 0 Å². The summed E-state index contributed by atoms with van der Waals surface area (Å²) in [5, 5.41) is 8.81. The Morgan fingerprint density at radius 3 is 2.54 bits per heavy atom. The summed E-state index contributed by atoms with van der Waals surface area (Å²) in [5.41, 5.74) is 0.882. The number of nitrogens with zero attached hydrogens (tertiary/aromatic N) is 2. The molecule has 0 amide bonds. The zero-order valence-corrected chi connectivity index (χ0v) is 7.49. The third kappa shape index (κ3) is 2.54. The number of benzene rings is 1. The van der Waals surface area contributed by atoms with E-state index in [-0.39, 0.29) is 0 Å². The van der Waals surface area contributed by atoms with E-state index in [0.29, 0.717) is 6.54 Å². The SMILES string of the molecule is CC#CCN(C#N)c1ccccc1. The Morgan fingerprint density at radius 1 is 1.31 bits per heavy atom. The molecule has 2 heteroatoms. The minimum atomic E-state index is 0.455. The monoisotopic (exact) mass is 170 g/mol. The zero-order valence-electron chi connectivity index (χ0n) is 7.49. The van der Waals surface area contributed by atoms with Crippen LogP contribution in [-0.4, -0.2) is 6.54 Å². The molecule has 0 atom stereocenters. The number of para-hydroxylation sites is 1. The normalized spacial score (nSPS) is 8.00. The Hall–Kier alpha value is -1.93. The van der Waals surface area contributed by atoms with Gasteiger partial charge in [-0.2, -0.15) is 5.26 Å². The van der Waals surface area contributed by atoms with Gasteiger partial charge in [0.25, 0.3) is 0 Å². The fraction of sp³-hybridized carbons (Fsp3) is 0.182. The fourth-order valence-corrected chi connectivity index (χ4v) is 0.950. The first-order valence-electron chi connectivity index (χ1n) is 4.00. The van der Waals surface area contributed by atoms with Gasteiger partial charge in [-0.15, -0.1) is 5.92 Å². The predicted molar refractivity (Wildman–Crippen MR) is 52.9 cm³/mol. The first kappa shape index (κ1) is 9.16. The van der Waals surface area contributed by atoms with Crippen LogP contribution in [0.25, 0.3) is 0 Å². The van der Waals surface area contributed by atoms with E-state index in [0.717, 1.165) is 5.69 Å². The summed E-state index contributed by atoms with van der Waals surface area (Å²) < 4.78 is 0. The second kappa shape index (κ2) is 4.85. The second-order valence-electron chi connectivity index (χ2n) is 2.45. The third-order valence-electron chi connectivity index (χ3n) is 1.60. The fourth-order valence-electron chi connectivity index (χ4n) is 0.950. The number of rotatable bonds is 2. The maximum atomic E-state index is 8.81. The molecule has 0 unspecified atom stereocenters. The van der Waals surface area contributed by atoms with Gasteiger partial charge in [0.15, 0.2) is 6.19 Å². The molecule has 0 saturated heterocycles. The Kier molecular flexibility index (Phi) is 3.42. The van der Waals surface area contributed by atoms with Crippen LogP contribution in [0.15, 0.2) is 30.3 Å². The van der Waals surface area contributed by atoms with Gasteiger partial charge in [-0.05, 0) is 19.1 Å². The van der Waals surface area contributed by atoms with Crippen LogP contribution >= 0.6 is 0 Å². The van der Waals surface area contributed by atoms with Gasteiger partial charge in [0.2, 0.25) is 0 Å². The predicted octanol–water partition coefficient (Wildman–Crippen LogP) is 2.00. The molecule has 0 N–H and O–H groups in total. The Balaban J connectivity index is 2.78. The molecule has 0 spiro atoms. The van der Waals surface area contributed by atoms with Crippen LogP contribution in [-0.2, 0) is 0 Å². The highest BCUT2D eigenvalue weighted by molar-refractivity contribution is 5.51. The highest BCUT2D eigenvalue weighted by Crippen LogP contribution is 2.10. The Bertz CT molecular complexity index is 351. The molecule has 0 saturated carbocycles. The van der Waals surface area contributed by atoms with Gasteiger partial charge in [-0.1, -0.05) is 24.1 Å². The average molecular weight is 170 g/mol. The lowest BCUT2D eigenvalue weighted by Gasteiger charge is -2.10. The van der Waals surface area contributed by atoms with Gasteiger partial charge in [0.1, 0.15) is 0 Å². The maximum absolute atomic E-state index is 8.81. The van der Waals surface area contributed by atoms with E-state index in [2.05, 4.69) is 18.0 Å². The molecule has 1 aromatic rings. The molecule has 0 aliphatic rings. The van der Waals surface area contributed by atoms with E-state index in [1.807, 2.05) is 30.3 Å². The third-order valence-corrected chi connectivity index (χ3v) is 1.60. The molecule has 2 nitrogen and oxygen atoms in total. The van der Waals surface area contributed by atoms with E-state index >= 15 is 0 Å². The molecule has 0 aliphatic carbocycles. The maximum Gasteiger partial charge on any atom is 0.185 e. The molecular formula is C11H10N2. The highest BCUT2D eigenvalue weighted by Gasteiger charge is 2.00. The van der Waals surface area contributed by atoms with Crippen molar-refractivity contribution in [3.05, 3.63) is 30.3 Å². The summed E-state index contributed by atoms with van der Waals surface area (Å²) in [7, 11) is 0. The molecule has 0 radical (unpaired) electrons. The van der Waals surface area contributed by atoms with E-state index < -0.39 is 0 Å². The summed E-state index contributed by atoms with van der Waals surface area (Å²) in [4.78, 5) is 1.55. The lowest BCUT2D eigenvalue weighted by atomic mass is 10.3. The van der Waals surface area contributed by atoms with E-state index in [1.54, 1.807) is 11.8 Å². The first-order valence-corrected chi connectivity index (χ1v) is 4.00. The number of hydrogen-bond donors (Lipinski definition) is 0. The van der Waals surface area contributed by atoms with Gasteiger partial charge in [0, 0.05) is 0 Å². The molecule has 0 bridgehead atoms. The number of nitriles is 1. The largest absolute Gasteiger partial charge is 0.268 e. The van der Waals surface area contributed by atoms with Crippen molar-refractivity contribution < 1.29 is 0 Å². The van der Waals surface area contributed by atoms with Crippen molar-refractivity contribution in [2.75, 3.05) is 11.4 Å². The molecule has 0 fully saturated rings. The van der Waals surface area contributed by atoms with Crippen molar-refractivity contribution in [2.45, 2.75) is 6.92 Å². The topological polar surface area (TPSA) is 27.0 Å². The summed E-state index contributed by atoms with van der Waals surface area (Å²) in [5.74, 6) is 5.61. The van der Waals surface area contributed by atoms with E-state index in [4.69, 9.17) is 5.26 Å². The summed E-state index contributed by atoms with van der Waals surface area (Å²) in [6.07, 6.45) is 2.08. The number of anilines is 1. The smallest absolute Gasteiger partial charge is 0.185 e. The van der Waals surface area contributed by atoms with Crippen LogP contribution < -0.4 is 4.90 Å². The average Bonchev–Trinajstić information content (AvgIpc) is 2.21. The summed E-state index contributed by atoms with van der Waals surface area (Å²) in [6.45, 7) is 2.22. The van der Waals surface area contributed by atoms with Crippen molar-refractivity contribution >= 4 is 5.69 Å². The van der Waals surface area contributed by atoms with Crippen LogP contribution in [0.5, 0.6) is 0 Å². The molecule has 0 aliphatic heterocycles. The van der Waals surface area contributed by atoms with Crippen LogP contribution in [0.1, 0.15) is 6.92 Å². The molecule has 1 aromatic carbocycles. The van der Waals surface area contributed by atoms with Crippen LogP contribution in [0.4, 0.5) is 5.69 Å². The van der Waals surface area contributed by atoms with Crippen molar-refractivity contribution in [1.82, 2.24) is 0 Å². The van der Waals surface area contributed by atoms with Crippen molar-refractivity contribution in [1.29, 1.82) is 5.26 Å². The van der Waals surface area contributed by atoms with Gasteiger partial charge < -0.3 is 0 Å². The Labute approximate surface area is 78.4 Å². The lowest BCUT2D eigenvalue weighted by molar-refractivity contribution is 1.12. The molecule has 64 valence electrons. The standard InChI is InChI=1S/C11H10N2/c1-2-3-9-13(10-12)11-7-5-4-6-8-11/h4-8H,9H2,1H3. The van der Waals surface area contributed by atoms with Crippen molar-refractivity contribution in [3.8, 4) is 18.0 Å². The van der Waals surface area contributed by atoms with E-state index in [9.17, 15) is 0 Å². The highest BCUT2D eigenvalue weighted by atomic mass is 15.1. The van der Waals surface area contributed by atoms with Crippen molar-refractivity contribution in [2.24, 2.45) is 0 Å². The lowest BCUT2D eigenvalue weighted by Crippen LogP contribution is -2.16. The number of hydrogen-bond acceptors (Lipinski definition) is 2. The van der Waals surface area contributed by atoms with Gasteiger partial charge >= 0.3 is 0 Å².